The molecule has 24 nitrogen and oxygen atoms in total. The Hall–Kier alpha value is -1.77. The molecular weight excluding hydrogens is 1230 g/mol. The molecule has 92 heavy (non-hydrogen) atoms. The van der Waals surface area contributed by atoms with Gasteiger partial charge in [-0.15, -0.1) is 0 Å². The number of nitrogens with two attached hydrogens (primary N) is 1. The van der Waals surface area contributed by atoms with Gasteiger partial charge < -0.3 is 80.3 Å². The van der Waals surface area contributed by atoms with Gasteiger partial charge in [-0.3, -0.25) is 28.0 Å². The van der Waals surface area contributed by atoms with E-state index in [1.54, 1.807) is 0 Å². The van der Waals surface area contributed by atoms with Gasteiger partial charge in [0.1, 0.15) is 54.8 Å². The van der Waals surface area contributed by atoms with Crippen molar-refractivity contribution in [3.63, 3.8) is 0 Å². The molecule has 2 rings (SSSR count). The number of nitrogens with one attached hydrogen (secondary N) is 2. The molecule has 2 heterocycles. The third-order valence-corrected chi connectivity index (χ3v) is 18.8. The molecule has 1 unspecified atom stereocenters. The lowest BCUT2D eigenvalue weighted by molar-refractivity contribution is -0.303. The number of rotatable bonds is 61. The van der Waals surface area contributed by atoms with Crippen LogP contribution in [-0.4, -0.2) is 171 Å². The van der Waals surface area contributed by atoms with Crippen molar-refractivity contribution < 1.29 is 101 Å². The number of phosphoric ester groups is 2. The highest BCUT2D eigenvalue weighted by Crippen LogP contribution is 2.44. The predicted molar refractivity (Wildman–Crippen MR) is 353 cm³/mol. The van der Waals surface area contributed by atoms with Gasteiger partial charge in [0, 0.05) is 6.42 Å². The highest BCUT2D eigenvalue weighted by molar-refractivity contribution is 7.47. The number of esters is 1. The van der Waals surface area contributed by atoms with Crippen LogP contribution in [0.25, 0.3) is 0 Å². The first-order valence-electron chi connectivity index (χ1n) is 36.0. The molecule has 12 N–H and O–H groups in total. The fourth-order valence-electron chi connectivity index (χ4n) is 11.8. The van der Waals surface area contributed by atoms with E-state index in [9.17, 15) is 63.7 Å². The van der Waals surface area contributed by atoms with Crippen molar-refractivity contribution in [2.75, 3.05) is 39.6 Å². The first-order chi connectivity index (χ1) is 44.3. The molecule has 544 valence electrons. The Bertz CT molecular complexity index is 1930. The number of ether oxygens (including phenoxy) is 5. The van der Waals surface area contributed by atoms with E-state index in [1.807, 2.05) is 0 Å². The third-order valence-electron chi connectivity index (χ3n) is 17.3. The van der Waals surface area contributed by atoms with Gasteiger partial charge in [0.15, 0.2) is 12.6 Å². The summed E-state index contributed by atoms with van der Waals surface area (Å²) in [5.41, 5.74) is 5.57. The second kappa shape index (κ2) is 54.2. The summed E-state index contributed by atoms with van der Waals surface area (Å²) in [6.45, 7) is 4.55. The molecule has 2 saturated heterocycles. The summed E-state index contributed by atoms with van der Waals surface area (Å²) >= 11 is 0. The summed E-state index contributed by atoms with van der Waals surface area (Å²) in [6.07, 6.45) is 22.6. The smallest absolute Gasteiger partial charge is 0.462 e. The summed E-state index contributed by atoms with van der Waals surface area (Å²) in [7, 11) is -9.93. The molecule has 0 aliphatic carbocycles. The van der Waals surface area contributed by atoms with Gasteiger partial charge in [-0.1, -0.05) is 233 Å². The second-order valence-corrected chi connectivity index (χ2v) is 28.3. The monoisotopic (exact) mass is 1360 g/mol. The Balaban J connectivity index is 2.27. The molecule has 2 aliphatic rings. The highest BCUT2D eigenvalue weighted by Gasteiger charge is 2.51. The molecule has 0 aromatic rings. The van der Waals surface area contributed by atoms with Crippen LogP contribution in [0.3, 0.4) is 0 Å². The average molecular weight is 1360 g/mol. The van der Waals surface area contributed by atoms with E-state index in [2.05, 4.69) is 31.4 Å². The van der Waals surface area contributed by atoms with E-state index in [1.165, 1.54) is 77.0 Å². The van der Waals surface area contributed by atoms with Crippen LogP contribution in [0.15, 0.2) is 0 Å². The van der Waals surface area contributed by atoms with Crippen molar-refractivity contribution >= 4 is 33.4 Å². The molecule has 26 heteroatoms. The van der Waals surface area contributed by atoms with Crippen molar-refractivity contribution in [1.82, 2.24) is 10.6 Å². The van der Waals surface area contributed by atoms with Crippen molar-refractivity contribution in [3.05, 3.63) is 0 Å². The Kier molecular flexibility index (Phi) is 50.8. The number of aliphatic hydroxyl groups is 5. The van der Waals surface area contributed by atoms with Crippen molar-refractivity contribution in [2.24, 2.45) is 5.73 Å². The molecule has 0 bridgehead atoms. The number of hydrogen-bond acceptors (Lipinski definition) is 19. The molecule has 2 fully saturated rings. The van der Waals surface area contributed by atoms with Crippen LogP contribution in [-0.2, 0) is 60.8 Å². The van der Waals surface area contributed by atoms with E-state index in [0.717, 1.165) is 135 Å². The van der Waals surface area contributed by atoms with Crippen LogP contribution in [0.1, 0.15) is 290 Å². The van der Waals surface area contributed by atoms with Crippen molar-refractivity contribution in [1.29, 1.82) is 0 Å². The average Bonchev–Trinajstić information content (AvgIpc) is 0.859. The van der Waals surface area contributed by atoms with Crippen LogP contribution < -0.4 is 16.4 Å². The Morgan fingerprint density at radius 3 is 1.42 bits per heavy atom. The lowest BCUT2D eigenvalue weighted by atomic mass is 9.95. The van der Waals surface area contributed by atoms with E-state index in [4.69, 9.17) is 43.0 Å². The number of phosphoric acid groups is 2. The Morgan fingerprint density at radius 2 is 0.924 bits per heavy atom. The van der Waals surface area contributed by atoms with Gasteiger partial charge in [-0.05, 0) is 45.1 Å². The minimum absolute atomic E-state index is 0.0260. The van der Waals surface area contributed by atoms with Gasteiger partial charge in [0.2, 0.25) is 11.8 Å². The first kappa shape index (κ1) is 86.3. The summed E-state index contributed by atoms with van der Waals surface area (Å²) < 4.78 is 70.3. The van der Waals surface area contributed by atoms with Gasteiger partial charge >= 0.3 is 21.6 Å². The van der Waals surface area contributed by atoms with Crippen LogP contribution in [0.2, 0.25) is 0 Å². The number of carbonyl (C=O) groups is 3. The summed E-state index contributed by atoms with van der Waals surface area (Å²) in [5.74, 6) is -1.92. The maximum Gasteiger partial charge on any atom is 0.472 e. The number of unbranched alkanes of at least 4 members (excludes halogenated alkanes) is 33. The summed E-state index contributed by atoms with van der Waals surface area (Å²) in [6, 6.07) is -3.19. The number of amides is 2. The van der Waals surface area contributed by atoms with Crippen LogP contribution in [0.4, 0.5) is 0 Å². The molecule has 0 aromatic heterocycles. The van der Waals surface area contributed by atoms with E-state index < -0.39 is 133 Å². The number of carbonyl (C=O) groups excluding carboxylic acids is 3. The zero-order valence-electron chi connectivity index (χ0n) is 56.7. The number of hydrogen-bond donors (Lipinski definition) is 11. The van der Waals surface area contributed by atoms with Gasteiger partial charge in [0.25, 0.3) is 0 Å². The van der Waals surface area contributed by atoms with E-state index in [0.29, 0.717) is 45.1 Å². The molecule has 0 radical (unpaired) electrons. The van der Waals surface area contributed by atoms with Crippen LogP contribution in [0, 0.1) is 0 Å². The lowest BCUT2D eigenvalue weighted by Gasteiger charge is -2.45. The zero-order valence-corrected chi connectivity index (χ0v) is 58.5. The maximum atomic E-state index is 14.1. The van der Waals surface area contributed by atoms with Gasteiger partial charge in [-0.2, -0.15) is 0 Å². The quantitative estimate of drug-likeness (QED) is 0.0153. The minimum atomic E-state index is -5.37. The molecule has 13 atom stereocenters. The minimum Gasteiger partial charge on any atom is -0.462 e. The Morgan fingerprint density at radius 1 is 0.500 bits per heavy atom. The van der Waals surface area contributed by atoms with E-state index >= 15 is 0 Å². The van der Waals surface area contributed by atoms with Gasteiger partial charge in [0.05, 0.1) is 52.0 Å². The summed E-state index contributed by atoms with van der Waals surface area (Å²) in [4.78, 5) is 71.1. The normalized spacial score (nSPS) is 23.3. The predicted octanol–water partition coefficient (Wildman–Crippen LogP) is 10.8. The van der Waals surface area contributed by atoms with Crippen molar-refractivity contribution in [2.45, 2.75) is 364 Å². The Labute approximate surface area is 552 Å². The second-order valence-electron chi connectivity index (χ2n) is 25.6. The third kappa shape index (κ3) is 42.1. The maximum absolute atomic E-state index is 14.1. The first-order valence-corrected chi connectivity index (χ1v) is 39.0. The molecule has 2 aliphatic heterocycles. The molecule has 2 amide bonds. The highest BCUT2D eigenvalue weighted by atomic mass is 31.2. The molecule has 0 spiro atoms. The molecular formula is C66H129N3O21P2. The molecule has 0 saturated carbocycles. The van der Waals surface area contributed by atoms with Crippen LogP contribution in [0.5, 0.6) is 0 Å². The topological polar surface area (TPSA) is 371 Å². The lowest BCUT2D eigenvalue weighted by Crippen LogP contribution is -2.67. The molecule has 0 aromatic carbocycles. The van der Waals surface area contributed by atoms with E-state index in [-0.39, 0.29) is 25.9 Å². The van der Waals surface area contributed by atoms with Crippen LogP contribution >= 0.6 is 15.6 Å². The zero-order chi connectivity index (χ0) is 67.7. The van der Waals surface area contributed by atoms with Crippen molar-refractivity contribution in [3.8, 4) is 0 Å². The number of aliphatic hydroxyl groups excluding tert-OH is 5. The summed E-state index contributed by atoms with van der Waals surface area (Å²) in [5, 5.41) is 61.5. The van der Waals surface area contributed by atoms with Gasteiger partial charge in [-0.25, -0.2) is 9.13 Å². The fourth-order valence-corrected chi connectivity index (χ4v) is 13.1. The SMILES string of the molecule is CCCCCCCCCCCC(=O)O[C@H](CCCCCCCCCCC)CC(=O)N[C@H]1[C@H](OC[C@H]2O[C@H](OCCOP(=O)(O)OCCCCCCCCCCCCN)[C@H](NC(=O)C[C@H](O)CCCCCCCCCCC)[C@@H](O)[C@@H]2O)O[C@H](CO)[C@@H](OP(=O)(O)O)[C@@H]1O. The fraction of sp³-hybridized carbons (Fsp3) is 0.955. The standard InChI is InChI=1S/C66H129N3O21P2/c1-4-7-10-13-16-21-26-31-36-41-52(71)48-56(72)68-59-62(76)61(75)55(89-65(59)83-46-47-86-92(81,82)85-45-40-35-30-25-20-19-24-29-34-39-44-67)51-84-66-60(63(77)64(54(50-70)88-66)90-91(78,79)80)69-57(73)49-53(42-37-32-27-22-17-14-11-8-5-2)87-58(74)43-38-33-28-23-18-15-12-9-6-3/h52-55,59-66,70-71,75-77H,4-51,67H2,1-3H3,(H,68,72)(H,69,73)(H,81,82)(H2,78,79,80)/t52-,53-,54-,55-,59-,60-,61-,62-,63-,64-,65+,66-/m1/s1. The largest absolute Gasteiger partial charge is 0.472 e.